The molecule has 0 radical (unpaired) electrons. The highest BCUT2D eigenvalue weighted by Crippen LogP contribution is 2.20. The van der Waals surface area contributed by atoms with Crippen LogP contribution in [-0.2, 0) is 16.8 Å². The molecule has 0 fully saturated rings. The second-order valence-corrected chi connectivity index (χ2v) is 5.21. The Morgan fingerprint density at radius 3 is 2.60 bits per heavy atom. The predicted octanol–water partition coefficient (Wildman–Crippen LogP) is 0.558. The van der Waals surface area contributed by atoms with Crippen LogP contribution in [0.3, 0.4) is 0 Å². The lowest BCUT2D eigenvalue weighted by Gasteiger charge is -2.14. The lowest BCUT2D eigenvalue weighted by Crippen LogP contribution is -2.32. The Kier molecular flexibility index (Phi) is 3.56. The molecule has 0 spiro atoms. The molecule has 0 aliphatic rings. The highest BCUT2D eigenvalue weighted by molar-refractivity contribution is 7.86. The maximum Gasteiger partial charge on any atom is 0.276 e. The Balaban J connectivity index is 2.95. The number of halogens is 1. The van der Waals surface area contributed by atoms with Gasteiger partial charge in [-0.25, -0.2) is 5.14 Å². The SMILES string of the molecule is CN(Cc1cc(N)ccc1Cl)S(N)(=O)=O. The molecule has 0 atom stereocenters. The quantitative estimate of drug-likeness (QED) is 0.767. The summed E-state index contributed by atoms with van der Waals surface area (Å²) in [7, 11) is -2.33. The van der Waals surface area contributed by atoms with Crippen molar-refractivity contribution in [1.29, 1.82) is 0 Å². The fraction of sp³-hybridized carbons (Fsp3) is 0.250. The third-order valence-corrected chi connectivity index (χ3v) is 3.26. The highest BCUT2D eigenvalue weighted by Gasteiger charge is 2.13. The van der Waals surface area contributed by atoms with Gasteiger partial charge < -0.3 is 5.73 Å². The van der Waals surface area contributed by atoms with Gasteiger partial charge in [-0.3, -0.25) is 0 Å². The van der Waals surface area contributed by atoms with E-state index < -0.39 is 10.2 Å². The molecule has 15 heavy (non-hydrogen) atoms. The van der Waals surface area contributed by atoms with E-state index in [0.717, 1.165) is 4.31 Å². The summed E-state index contributed by atoms with van der Waals surface area (Å²) in [5.41, 5.74) is 6.70. The smallest absolute Gasteiger partial charge is 0.276 e. The summed E-state index contributed by atoms with van der Waals surface area (Å²) >= 11 is 5.87. The minimum atomic E-state index is -3.70. The zero-order valence-electron chi connectivity index (χ0n) is 8.14. The van der Waals surface area contributed by atoms with Gasteiger partial charge in [-0.05, 0) is 23.8 Å². The molecule has 0 saturated heterocycles. The molecule has 1 rings (SSSR count). The molecule has 0 bridgehead atoms. The van der Waals surface area contributed by atoms with Gasteiger partial charge in [0.2, 0.25) is 0 Å². The van der Waals surface area contributed by atoms with Crippen LogP contribution in [0.1, 0.15) is 5.56 Å². The molecule has 0 aliphatic carbocycles. The number of hydrogen-bond acceptors (Lipinski definition) is 3. The monoisotopic (exact) mass is 249 g/mol. The van der Waals surface area contributed by atoms with Crippen molar-refractivity contribution in [3.8, 4) is 0 Å². The van der Waals surface area contributed by atoms with Gasteiger partial charge >= 0.3 is 0 Å². The summed E-state index contributed by atoms with van der Waals surface area (Å²) in [6, 6.07) is 4.87. The average Bonchev–Trinajstić information content (AvgIpc) is 2.09. The van der Waals surface area contributed by atoms with Crippen molar-refractivity contribution in [2.24, 2.45) is 5.14 Å². The first-order valence-electron chi connectivity index (χ1n) is 4.08. The van der Waals surface area contributed by atoms with E-state index in [1.807, 2.05) is 0 Å². The van der Waals surface area contributed by atoms with Crippen molar-refractivity contribution >= 4 is 27.5 Å². The summed E-state index contributed by atoms with van der Waals surface area (Å²) in [5, 5.41) is 5.40. The lowest BCUT2D eigenvalue weighted by atomic mass is 10.2. The van der Waals surface area contributed by atoms with Crippen molar-refractivity contribution in [2.75, 3.05) is 12.8 Å². The number of rotatable bonds is 3. The van der Waals surface area contributed by atoms with Crippen molar-refractivity contribution in [3.63, 3.8) is 0 Å². The molecule has 0 unspecified atom stereocenters. The van der Waals surface area contributed by atoms with E-state index in [9.17, 15) is 8.42 Å². The molecule has 5 nitrogen and oxygen atoms in total. The summed E-state index contributed by atoms with van der Waals surface area (Å²) in [5.74, 6) is 0. The van der Waals surface area contributed by atoms with Crippen LogP contribution in [0, 0.1) is 0 Å². The fourth-order valence-corrected chi connectivity index (χ4v) is 1.54. The van der Waals surface area contributed by atoms with Gasteiger partial charge in [0.25, 0.3) is 10.2 Å². The van der Waals surface area contributed by atoms with Gasteiger partial charge in [-0.1, -0.05) is 11.6 Å². The Hall–Kier alpha value is -0.820. The lowest BCUT2D eigenvalue weighted by molar-refractivity contribution is 0.468. The third-order valence-electron chi connectivity index (χ3n) is 1.90. The summed E-state index contributed by atoms with van der Waals surface area (Å²) < 4.78 is 22.9. The van der Waals surface area contributed by atoms with E-state index in [0.29, 0.717) is 16.3 Å². The van der Waals surface area contributed by atoms with Crippen LogP contribution in [0.4, 0.5) is 5.69 Å². The fourth-order valence-electron chi connectivity index (χ4n) is 1.05. The van der Waals surface area contributed by atoms with Gasteiger partial charge in [0.1, 0.15) is 0 Å². The molecule has 0 heterocycles. The van der Waals surface area contributed by atoms with Gasteiger partial charge in [0, 0.05) is 24.3 Å². The first kappa shape index (κ1) is 12.3. The molecule has 0 aliphatic heterocycles. The molecule has 1 aromatic rings. The highest BCUT2D eigenvalue weighted by atomic mass is 35.5. The van der Waals surface area contributed by atoms with Crippen LogP contribution < -0.4 is 10.9 Å². The van der Waals surface area contributed by atoms with Crippen molar-refractivity contribution < 1.29 is 8.42 Å². The van der Waals surface area contributed by atoms with E-state index in [1.165, 1.54) is 7.05 Å². The van der Waals surface area contributed by atoms with E-state index >= 15 is 0 Å². The third kappa shape index (κ3) is 3.35. The second-order valence-electron chi connectivity index (χ2n) is 3.15. The van der Waals surface area contributed by atoms with E-state index in [2.05, 4.69) is 0 Å². The molecule has 1 aromatic carbocycles. The minimum absolute atomic E-state index is 0.0999. The average molecular weight is 250 g/mol. The molecule has 0 amide bonds. The Bertz CT molecular complexity index is 461. The largest absolute Gasteiger partial charge is 0.399 e. The second kappa shape index (κ2) is 4.36. The van der Waals surface area contributed by atoms with Crippen molar-refractivity contribution in [3.05, 3.63) is 28.8 Å². The number of nitrogen functional groups attached to an aromatic ring is 1. The van der Waals surface area contributed by atoms with Gasteiger partial charge in [-0.15, -0.1) is 0 Å². The van der Waals surface area contributed by atoms with E-state index in [4.69, 9.17) is 22.5 Å². The number of nitrogens with zero attached hydrogens (tertiary/aromatic N) is 1. The molecule has 7 heteroatoms. The van der Waals surface area contributed by atoms with Crippen LogP contribution in [0.5, 0.6) is 0 Å². The Labute approximate surface area is 93.8 Å². The van der Waals surface area contributed by atoms with Crippen LogP contribution in [0.2, 0.25) is 5.02 Å². The number of hydrogen-bond donors (Lipinski definition) is 2. The zero-order chi connectivity index (χ0) is 11.6. The molecule has 84 valence electrons. The standard InChI is InChI=1S/C8H12ClN3O2S/c1-12(15(11,13)14)5-6-4-7(10)2-3-8(6)9/h2-4H,5,10H2,1H3,(H2,11,13,14). The maximum absolute atomic E-state index is 11.0. The molecule has 0 saturated carbocycles. The first-order chi connectivity index (χ1) is 6.80. The number of nitrogens with two attached hydrogens (primary N) is 2. The summed E-state index contributed by atoms with van der Waals surface area (Å²) in [6.45, 7) is 0.0999. The van der Waals surface area contributed by atoms with Gasteiger partial charge in [-0.2, -0.15) is 12.7 Å². The van der Waals surface area contributed by atoms with Gasteiger partial charge in [0.05, 0.1) is 0 Å². The first-order valence-corrected chi connectivity index (χ1v) is 5.97. The molecular formula is C8H12ClN3O2S. The van der Waals surface area contributed by atoms with Crippen LogP contribution in [0.15, 0.2) is 18.2 Å². The number of anilines is 1. The Morgan fingerprint density at radius 2 is 2.07 bits per heavy atom. The van der Waals surface area contributed by atoms with Crippen LogP contribution in [-0.4, -0.2) is 19.8 Å². The molecule has 0 aromatic heterocycles. The molecular weight excluding hydrogens is 238 g/mol. The Morgan fingerprint density at radius 1 is 1.47 bits per heavy atom. The van der Waals surface area contributed by atoms with Crippen molar-refractivity contribution in [2.45, 2.75) is 6.54 Å². The van der Waals surface area contributed by atoms with Crippen LogP contribution in [0.25, 0.3) is 0 Å². The van der Waals surface area contributed by atoms with E-state index in [1.54, 1.807) is 18.2 Å². The maximum atomic E-state index is 11.0. The van der Waals surface area contributed by atoms with Crippen molar-refractivity contribution in [1.82, 2.24) is 4.31 Å². The summed E-state index contributed by atoms with van der Waals surface area (Å²) in [6.07, 6.45) is 0. The molecule has 4 N–H and O–H groups in total. The predicted molar refractivity (Wildman–Crippen MR) is 60.4 cm³/mol. The van der Waals surface area contributed by atoms with Crippen LogP contribution >= 0.6 is 11.6 Å². The summed E-state index contributed by atoms with van der Waals surface area (Å²) in [4.78, 5) is 0. The topological polar surface area (TPSA) is 89.4 Å². The normalized spacial score (nSPS) is 12.0. The van der Waals surface area contributed by atoms with E-state index in [-0.39, 0.29) is 6.54 Å². The van der Waals surface area contributed by atoms with Gasteiger partial charge in [0.15, 0.2) is 0 Å². The number of benzene rings is 1. The zero-order valence-corrected chi connectivity index (χ0v) is 9.72. The minimum Gasteiger partial charge on any atom is -0.399 e.